The number of hydrogen-bond acceptors (Lipinski definition) is 0. The second-order valence-corrected chi connectivity index (χ2v) is 0. The molecule has 0 aliphatic rings. The zero-order valence-electron chi connectivity index (χ0n) is 4.04. The van der Waals surface area contributed by atoms with Gasteiger partial charge in [0.2, 0.25) is 0 Å². The molecule has 0 rings (SSSR count). The molecule has 0 spiro atoms. The minimum Gasteiger partial charge on any atom is -3.00 e. The molecule has 0 aromatic carbocycles. The fourth-order valence-electron chi connectivity index (χ4n) is 0. The number of rotatable bonds is 0. The van der Waals surface area contributed by atoms with E-state index in [1.54, 1.807) is 0 Å². The van der Waals surface area contributed by atoms with Crippen LogP contribution in [-0.2, 0) is 81.9 Å². The van der Waals surface area contributed by atoms with Crippen molar-refractivity contribution in [3.63, 3.8) is 0 Å². The maximum Gasteiger partial charge on any atom is 3.00 e. The molecule has 7 heteroatoms. The quantitative estimate of drug-likeness (QED) is 0.274. The van der Waals surface area contributed by atoms with E-state index in [0.717, 1.165) is 0 Å². The summed E-state index contributed by atoms with van der Waals surface area (Å²) in [6, 6.07) is 0. The van der Waals surface area contributed by atoms with E-state index in [-0.39, 0.29) is 162 Å². The van der Waals surface area contributed by atoms with Gasteiger partial charge in [-0.2, -0.15) is 0 Å². The Hall–Kier alpha value is 5.31. The Morgan fingerprint density at radius 3 is 0.429 bits per heavy atom. The molecule has 0 aromatic rings. The van der Waals surface area contributed by atoms with E-state index in [1.165, 1.54) is 0 Å². The molecule has 0 unspecified atom stereocenters. The largest absolute Gasteiger partial charge is 3.00 e. The first-order valence-electron chi connectivity index (χ1n) is 0. The van der Waals surface area contributed by atoms with Crippen LogP contribution in [0.15, 0.2) is 0 Å². The fraction of sp³-hybridized carbons (Fsp3) is 0. The van der Waals surface area contributed by atoms with Gasteiger partial charge in [-0.1, -0.05) is 0 Å². The average Bonchev–Trinajstić information content (AvgIpc) is 0. The van der Waals surface area contributed by atoms with Crippen molar-refractivity contribution in [2.45, 2.75) is 0 Å². The monoisotopic (exact) mass is 681 g/mol. The molecule has 0 saturated heterocycles. The van der Waals surface area contributed by atoms with Gasteiger partial charge < -0.3 is 53.9 Å². The molecule has 0 nitrogen and oxygen atoms in total. The third kappa shape index (κ3) is 34.8. The van der Waals surface area contributed by atoms with Gasteiger partial charge >= 0.3 is 108 Å². The van der Waals surface area contributed by atoms with E-state index in [2.05, 4.69) is 0 Å². The molecule has 0 fully saturated rings. The molecule has 0 radical (unpaired) electrons. The Labute approximate surface area is 157 Å². The minimum absolute atomic E-state index is 0. The summed E-state index contributed by atoms with van der Waals surface area (Å²) in [7, 11) is 0. The van der Waals surface area contributed by atoms with Gasteiger partial charge in [-0.3, -0.25) is 0 Å². The van der Waals surface area contributed by atoms with E-state index in [9.17, 15) is 0 Å². The van der Waals surface area contributed by atoms with Gasteiger partial charge in [0.1, 0.15) is 0 Å². The van der Waals surface area contributed by atoms with Crippen molar-refractivity contribution < 1.29 is 81.9 Å². The summed E-state index contributed by atoms with van der Waals surface area (Å²) >= 11 is 0. The van der Waals surface area contributed by atoms with Crippen molar-refractivity contribution in [2.75, 3.05) is 0 Å². The maximum atomic E-state index is 0. The van der Waals surface area contributed by atoms with Gasteiger partial charge in [0, 0.05) is 0 Å². The fourth-order valence-corrected chi connectivity index (χ4v) is 0. The predicted molar refractivity (Wildman–Crippen MR) is 23.0 cm³/mol. The zero-order valence-corrected chi connectivity index (χ0v) is 25.1. The van der Waals surface area contributed by atoms with Crippen LogP contribution >= 0.6 is 0 Å². The van der Waals surface area contributed by atoms with Crippen molar-refractivity contribution in [1.29, 1.82) is 0 Å². The standard InChI is InChI=1S/3As.3Cd.In/q3*-3;3*+2;+3. The van der Waals surface area contributed by atoms with E-state index in [4.69, 9.17) is 0 Å². The van der Waals surface area contributed by atoms with E-state index in [1.807, 2.05) is 0 Å². The molecule has 24 valence electrons. The van der Waals surface area contributed by atoms with Crippen LogP contribution in [-0.4, -0.2) is 79.7 Å². The Morgan fingerprint density at radius 1 is 0.429 bits per heavy atom. The van der Waals surface area contributed by atoms with Crippen LogP contribution < -0.4 is 0 Å². The van der Waals surface area contributed by atoms with Crippen LogP contribution in [0.2, 0.25) is 0 Å². The van der Waals surface area contributed by atoms with Gasteiger partial charge in [0.15, 0.2) is 0 Å². The summed E-state index contributed by atoms with van der Waals surface area (Å²) in [6.07, 6.45) is 0. The second kappa shape index (κ2) is 42.6. The third-order valence-corrected chi connectivity index (χ3v) is 0. The molecular formula is As3Cd3In. The SMILES string of the molecule is [As-3].[As-3].[As-3].[Cd+2].[Cd+2].[Cd+2].[In+3]. The molecule has 0 aliphatic carbocycles. The summed E-state index contributed by atoms with van der Waals surface area (Å²) in [4.78, 5) is 0. The Morgan fingerprint density at radius 2 is 0.429 bits per heavy atom. The van der Waals surface area contributed by atoms with Crippen molar-refractivity contribution in [3.8, 4) is 0 Å². The predicted octanol–water partition coefficient (Wildman–Crippen LogP) is -1.53. The summed E-state index contributed by atoms with van der Waals surface area (Å²) in [6.45, 7) is 0. The van der Waals surface area contributed by atoms with Gasteiger partial charge in [-0.15, -0.1) is 0 Å². The smallest absolute Gasteiger partial charge is 3.00 e. The van der Waals surface area contributed by atoms with Crippen LogP contribution in [0.3, 0.4) is 0 Å². The zero-order chi connectivity index (χ0) is 0. The van der Waals surface area contributed by atoms with Crippen molar-refractivity contribution in [1.82, 2.24) is 0 Å². The van der Waals surface area contributed by atoms with E-state index in [0.29, 0.717) is 0 Å². The molecule has 0 atom stereocenters. The van der Waals surface area contributed by atoms with Crippen molar-refractivity contribution in [2.24, 2.45) is 0 Å². The van der Waals surface area contributed by atoms with Crippen molar-refractivity contribution in [3.05, 3.63) is 0 Å². The van der Waals surface area contributed by atoms with Crippen LogP contribution in [0.25, 0.3) is 0 Å². The van der Waals surface area contributed by atoms with Gasteiger partial charge in [-0.25, -0.2) is 0 Å². The molecule has 0 amide bonds. The van der Waals surface area contributed by atoms with E-state index >= 15 is 0 Å². The van der Waals surface area contributed by atoms with Gasteiger partial charge in [-0.05, 0) is 0 Å². The molecule has 0 saturated carbocycles. The molecule has 0 aliphatic heterocycles. The molecule has 0 N–H and O–H groups in total. The van der Waals surface area contributed by atoms with Gasteiger partial charge in [0.05, 0.1) is 0 Å². The molecule has 0 bridgehead atoms. The maximum absolute atomic E-state index is 0. The van der Waals surface area contributed by atoms with E-state index < -0.39 is 0 Å². The second-order valence-electron chi connectivity index (χ2n) is 0. The summed E-state index contributed by atoms with van der Waals surface area (Å²) in [5, 5.41) is 0. The van der Waals surface area contributed by atoms with Crippen LogP contribution in [0.5, 0.6) is 0 Å². The summed E-state index contributed by atoms with van der Waals surface area (Å²) in [5.41, 5.74) is 0. The Balaban J connectivity index is 0. The molecule has 0 aromatic heterocycles. The topological polar surface area (TPSA) is 0 Å². The molecule has 7 heavy (non-hydrogen) atoms. The summed E-state index contributed by atoms with van der Waals surface area (Å²) < 4.78 is 0. The first kappa shape index (κ1) is 55.8. The first-order valence-corrected chi connectivity index (χ1v) is 0. The van der Waals surface area contributed by atoms with Crippen molar-refractivity contribution >= 4 is 79.7 Å². The van der Waals surface area contributed by atoms with Gasteiger partial charge in [0.25, 0.3) is 0 Å². The average molecular weight is 677 g/mol. The molecular weight excluding hydrogens is 677 g/mol. The Bertz CT molecular complexity index is 10.1. The molecule has 0 heterocycles. The van der Waals surface area contributed by atoms with Crippen LogP contribution in [0, 0.1) is 0 Å². The first-order chi connectivity index (χ1) is 0. The van der Waals surface area contributed by atoms with Crippen LogP contribution in [0.1, 0.15) is 0 Å². The third-order valence-electron chi connectivity index (χ3n) is 0. The normalized spacial score (nSPS) is 0. The van der Waals surface area contributed by atoms with Crippen LogP contribution in [0.4, 0.5) is 0 Å². The number of hydrogen-bond donors (Lipinski definition) is 0. The summed E-state index contributed by atoms with van der Waals surface area (Å²) in [5.74, 6) is 0. The minimum atomic E-state index is 0. The Kier molecular flexibility index (Phi) is 340.